The van der Waals surface area contributed by atoms with E-state index < -0.39 is 0 Å². The van der Waals surface area contributed by atoms with Crippen molar-refractivity contribution in [3.8, 4) is 23.2 Å². The first-order chi connectivity index (χ1) is 17.8. The standard InChI is InChI=1S/C31H28N4O2/c1-5-21-17-32-18-28(33-21)35-25-13-10-20(31(2,3)4)15-24(25)23-12-11-22(16-26(23)35)37-29-14-9-19-7-6-8-27(36)30(19)34-29/h6-18,36H,5H2,1-4H3. The van der Waals surface area contributed by atoms with Gasteiger partial charge < -0.3 is 9.84 Å². The molecule has 3 aromatic heterocycles. The van der Waals surface area contributed by atoms with Gasteiger partial charge in [-0.3, -0.25) is 9.55 Å². The molecule has 0 aliphatic heterocycles. The zero-order valence-electron chi connectivity index (χ0n) is 21.4. The number of aryl methyl sites for hydroxylation is 1. The topological polar surface area (TPSA) is 73.1 Å². The maximum absolute atomic E-state index is 10.2. The Morgan fingerprint density at radius 2 is 1.73 bits per heavy atom. The third-order valence-electron chi connectivity index (χ3n) is 6.76. The Hall–Kier alpha value is -4.45. The van der Waals surface area contributed by atoms with Gasteiger partial charge in [0, 0.05) is 34.5 Å². The van der Waals surface area contributed by atoms with Crippen LogP contribution in [-0.4, -0.2) is 24.6 Å². The van der Waals surface area contributed by atoms with Crippen LogP contribution in [0.5, 0.6) is 17.4 Å². The molecule has 1 N–H and O–H groups in total. The number of fused-ring (bicyclic) bond motifs is 4. The average molecular weight is 489 g/mol. The lowest BCUT2D eigenvalue weighted by atomic mass is 9.86. The van der Waals surface area contributed by atoms with Crippen LogP contribution in [0.25, 0.3) is 38.5 Å². The molecule has 0 amide bonds. The number of rotatable bonds is 4. The number of ether oxygens (including phenoxy) is 1. The Balaban J connectivity index is 1.54. The first kappa shape index (κ1) is 23.0. The zero-order valence-corrected chi connectivity index (χ0v) is 21.4. The number of nitrogens with zero attached hydrogens (tertiary/aromatic N) is 4. The lowest BCUT2D eigenvalue weighted by Crippen LogP contribution is -2.10. The summed E-state index contributed by atoms with van der Waals surface area (Å²) in [6, 6.07) is 21.7. The molecule has 3 aromatic carbocycles. The molecule has 6 nitrogen and oxygen atoms in total. The van der Waals surface area contributed by atoms with E-state index in [-0.39, 0.29) is 11.2 Å². The molecule has 0 saturated heterocycles. The number of aromatic nitrogens is 4. The van der Waals surface area contributed by atoms with Crippen LogP contribution in [0.15, 0.2) is 79.1 Å². The minimum Gasteiger partial charge on any atom is -0.506 e. The van der Waals surface area contributed by atoms with Crippen molar-refractivity contribution in [1.82, 2.24) is 19.5 Å². The van der Waals surface area contributed by atoms with Crippen molar-refractivity contribution in [3.63, 3.8) is 0 Å². The molecule has 0 aliphatic carbocycles. The smallest absolute Gasteiger partial charge is 0.219 e. The summed E-state index contributed by atoms with van der Waals surface area (Å²) < 4.78 is 8.34. The molecule has 37 heavy (non-hydrogen) atoms. The van der Waals surface area contributed by atoms with Gasteiger partial charge in [-0.2, -0.15) is 0 Å². The van der Waals surface area contributed by atoms with Gasteiger partial charge in [-0.05, 0) is 53.8 Å². The monoisotopic (exact) mass is 488 g/mol. The van der Waals surface area contributed by atoms with Gasteiger partial charge in [-0.25, -0.2) is 9.97 Å². The summed E-state index contributed by atoms with van der Waals surface area (Å²) in [6.45, 7) is 8.76. The predicted molar refractivity (Wildman–Crippen MR) is 148 cm³/mol. The van der Waals surface area contributed by atoms with Gasteiger partial charge in [-0.15, -0.1) is 0 Å². The second kappa shape index (κ2) is 8.59. The highest BCUT2D eigenvalue weighted by Crippen LogP contribution is 2.37. The van der Waals surface area contributed by atoms with E-state index in [1.807, 2.05) is 36.5 Å². The van der Waals surface area contributed by atoms with Gasteiger partial charge in [-0.1, -0.05) is 45.9 Å². The van der Waals surface area contributed by atoms with Crippen LogP contribution < -0.4 is 4.74 Å². The van der Waals surface area contributed by atoms with Gasteiger partial charge in [0.1, 0.15) is 17.0 Å². The minimum absolute atomic E-state index is 0.0287. The normalized spacial score (nSPS) is 12.0. The molecule has 0 aliphatic rings. The molecule has 6 rings (SSSR count). The highest BCUT2D eigenvalue weighted by atomic mass is 16.5. The summed E-state index contributed by atoms with van der Waals surface area (Å²) >= 11 is 0. The summed E-state index contributed by atoms with van der Waals surface area (Å²) in [6.07, 6.45) is 4.42. The van der Waals surface area contributed by atoms with Crippen molar-refractivity contribution in [2.45, 2.75) is 39.5 Å². The van der Waals surface area contributed by atoms with Crippen LogP contribution in [0.3, 0.4) is 0 Å². The lowest BCUT2D eigenvalue weighted by Gasteiger charge is -2.19. The van der Waals surface area contributed by atoms with Crippen molar-refractivity contribution in [2.75, 3.05) is 0 Å². The van der Waals surface area contributed by atoms with Crippen molar-refractivity contribution < 1.29 is 9.84 Å². The maximum atomic E-state index is 10.2. The largest absolute Gasteiger partial charge is 0.506 e. The molecular weight excluding hydrogens is 460 g/mol. The second-order valence-electron chi connectivity index (χ2n) is 10.3. The first-order valence-electron chi connectivity index (χ1n) is 12.5. The van der Waals surface area contributed by atoms with Gasteiger partial charge in [0.15, 0.2) is 5.82 Å². The quantitative estimate of drug-likeness (QED) is 0.278. The third-order valence-corrected chi connectivity index (χ3v) is 6.76. The Bertz CT molecular complexity index is 1800. The molecule has 0 fully saturated rings. The van der Waals surface area contributed by atoms with Crippen LogP contribution in [0.1, 0.15) is 39.0 Å². The number of phenolic OH excluding ortho intramolecular Hbond substituents is 1. The van der Waals surface area contributed by atoms with E-state index in [0.29, 0.717) is 17.1 Å². The zero-order chi connectivity index (χ0) is 25.7. The molecule has 6 aromatic rings. The molecule has 0 saturated carbocycles. The van der Waals surface area contributed by atoms with E-state index in [2.05, 4.69) is 66.5 Å². The molecule has 0 unspecified atom stereocenters. The molecule has 0 bridgehead atoms. The van der Waals surface area contributed by atoms with Gasteiger partial charge in [0.25, 0.3) is 0 Å². The summed E-state index contributed by atoms with van der Waals surface area (Å²) in [4.78, 5) is 13.9. The summed E-state index contributed by atoms with van der Waals surface area (Å²) in [5.74, 6) is 1.96. The number of benzene rings is 3. The van der Waals surface area contributed by atoms with E-state index in [1.165, 1.54) is 5.56 Å². The van der Waals surface area contributed by atoms with E-state index in [9.17, 15) is 5.11 Å². The number of hydrogen-bond acceptors (Lipinski definition) is 5. The van der Waals surface area contributed by atoms with Gasteiger partial charge >= 0.3 is 0 Å². The Kier molecular flexibility index (Phi) is 5.33. The Morgan fingerprint density at radius 3 is 2.54 bits per heavy atom. The first-order valence-corrected chi connectivity index (χ1v) is 12.5. The van der Waals surface area contributed by atoms with Crippen LogP contribution in [-0.2, 0) is 11.8 Å². The van der Waals surface area contributed by atoms with Crippen LogP contribution in [0.2, 0.25) is 0 Å². The predicted octanol–water partition coefficient (Wildman–Crippen LogP) is 7.48. The van der Waals surface area contributed by atoms with Gasteiger partial charge in [0.05, 0.1) is 22.9 Å². The molecule has 0 spiro atoms. The number of hydrogen-bond donors (Lipinski definition) is 1. The van der Waals surface area contributed by atoms with E-state index in [4.69, 9.17) is 9.72 Å². The van der Waals surface area contributed by atoms with Crippen molar-refractivity contribution >= 4 is 32.7 Å². The minimum atomic E-state index is 0.0287. The van der Waals surface area contributed by atoms with Crippen LogP contribution >= 0.6 is 0 Å². The highest BCUT2D eigenvalue weighted by Gasteiger charge is 2.19. The van der Waals surface area contributed by atoms with E-state index in [1.54, 1.807) is 18.3 Å². The molecule has 6 heteroatoms. The molecule has 0 atom stereocenters. The lowest BCUT2D eigenvalue weighted by molar-refractivity contribution is 0.460. The fraction of sp³-hybridized carbons (Fsp3) is 0.194. The van der Waals surface area contributed by atoms with Crippen LogP contribution in [0.4, 0.5) is 0 Å². The van der Waals surface area contributed by atoms with Crippen molar-refractivity contribution in [1.29, 1.82) is 0 Å². The fourth-order valence-corrected chi connectivity index (χ4v) is 4.74. The Labute approximate surface area is 215 Å². The summed E-state index contributed by atoms with van der Waals surface area (Å²) in [7, 11) is 0. The molecule has 3 heterocycles. The fourth-order valence-electron chi connectivity index (χ4n) is 4.74. The van der Waals surface area contributed by atoms with E-state index >= 15 is 0 Å². The van der Waals surface area contributed by atoms with Gasteiger partial charge in [0.2, 0.25) is 5.88 Å². The third kappa shape index (κ3) is 4.04. The second-order valence-corrected chi connectivity index (χ2v) is 10.3. The molecular formula is C31H28N4O2. The summed E-state index contributed by atoms with van der Waals surface area (Å²) in [5, 5.41) is 13.4. The Morgan fingerprint density at radius 1 is 0.865 bits per heavy atom. The highest BCUT2D eigenvalue weighted by molar-refractivity contribution is 6.09. The van der Waals surface area contributed by atoms with Crippen molar-refractivity contribution in [2.24, 2.45) is 0 Å². The SMILES string of the molecule is CCc1cncc(-n2c3ccc(C(C)(C)C)cc3c3ccc(Oc4ccc5cccc(O)c5n4)cc32)n1. The van der Waals surface area contributed by atoms with Crippen LogP contribution in [0, 0.1) is 0 Å². The number of phenols is 1. The van der Waals surface area contributed by atoms with Crippen molar-refractivity contribution in [3.05, 3.63) is 90.4 Å². The number of para-hydroxylation sites is 1. The number of aromatic hydroxyl groups is 1. The maximum Gasteiger partial charge on any atom is 0.219 e. The molecule has 184 valence electrons. The van der Waals surface area contributed by atoms with E-state index in [0.717, 1.165) is 45.1 Å². The summed E-state index contributed by atoms with van der Waals surface area (Å²) in [5.41, 5.74) is 4.79. The average Bonchev–Trinajstić information content (AvgIpc) is 3.21. The molecule has 0 radical (unpaired) electrons. The number of pyridine rings is 1.